The molecule has 0 saturated carbocycles. The molecule has 0 aliphatic carbocycles. The molecule has 1 aromatic heterocycles. The first-order valence-electron chi connectivity index (χ1n) is 4.77. The predicted molar refractivity (Wildman–Crippen MR) is 56.1 cm³/mol. The fourth-order valence-corrected chi connectivity index (χ4v) is 1.15. The molecule has 9 heteroatoms. The Labute approximate surface area is 91.3 Å². The number of aromatic nitrogens is 3. The van der Waals surface area contributed by atoms with Gasteiger partial charge >= 0.3 is 0 Å². The van der Waals surface area contributed by atoms with Crippen molar-refractivity contribution < 1.29 is 0 Å². The van der Waals surface area contributed by atoms with Gasteiger partial charge in [0.2, 0.25) is 0 Å². The maximum absolute atomic E-state index is 8.12. The average molecular weight is 221 g/mol. The van der Waals surface area contributed by atoms with Crippen LogP contribution in [0.3, 0.4) is 0 Å². The summed E-state index contributed by atoms with van der Waals surface area (Å²) >= 11 is 0. The van der Waals surface area contributed by atoms with Gasteiger partial charge in [-0.15, -0.1) is 5.10 Å². The Hall–Kier alpha value is -2.24. The molecule has 84 valence electrons. The average Bonchev–Trinajstić information content (AvgIpc) is 2.74. The molecule has 16 heavy (non-hydrogen) atoms. The maximum atomic E-state index is 8.12. The summed E-state index contributed by atoms with van der Waals surface area (Å²) in [6, 6.07) is 0. The van der Waals surface area contributed by atoms with E-state index in [1.54, 1.807) is 6.20 Å². The first-order chi connectivity index (χ1) is 7.86. The standard InChI is InChI=1S/C7H11N9/c8-13-10-4-2-1-3-7-5-16(15-12-7)6-11-14-9/h5H,1-4,6H2. The Morgan fingerprint density at radius 2 is 2.06 bits per heavy atom. The number of azide groups is 2. The highest BCUT2D eigenvalue weighted by Crippen LogP contribution is 2.01. The molecule has 0 aliphatic rings. The highest BCUT2D eigenvalue weighted by atomic mass is 15.5. The van der Waals surface area contributed by atoms with Gasteiger partial charge in [0.25, 0.3) is 0 Å². The zero-order valence-electron chi connectivity index (χ0n) is 8.64. The minimum Gasteiger partial charge on any atom is -0.246 e. The lowest BCUT2D eigenvalue weighted by molar-refractivity contribution is 0.606. The van der Waals surface area contributed by atoms with E-state index in [9.17, 15) is 0 Å². The second-order valence-electron chi connectivity index (χ2n) is 3.03. The molecule has 0 unspecified atom stereocenters. The smallest absolute Gasteiger partial charge is 0.121 e. The van der Waals surface area contributed by atoms with Gasteiger partial charge in [-0.3, -0.25) is 0 Å². The van der Waals surface area contributed by atoms with Crippen LogP contribution >= 0.6 is 0 Å². The van der Waals surface area contributed by atoms with Gasteiger partial charge in [-0.05, 0) is 30.3 Å². The van der Waals surface area contributed by atoms with Crippen molar-refractivity contribution >= 4 is 0 Å². The molecule has 0 radical (unpaired) electrons. The summed E-state index contributed by atoms with van der Waals surface area (Å²) in [7, 11) is 0. The van der Waals surface area contributed by atoms with E-state index < -0.39 is 0 Å². The first-order valence-corrected chi connectivity index (χ1v) is 4.77. The van der Waals surface area contributed by atoms with E-state index in [2.05, 4.69) is 30.4 Å². The second-order valence-corrected chi connectivity index (χ2v) is 3.03. The molecule has 1 heterocycles. The highest BCUT2D eigenvalue weighted by Gasteiger charge is 1.99. The monoisotopic (exact) mass is 221 g/mol. The SMILES string of the molecule is [N-]=[N+]=NCCCCc1cn(CN=[N+]=[N-])nn1. The van der Waals surface area contributed by atoms with Crippen LogP contribution in [0.25, 0.3) is 20.9 Å². The summed E-state index contributed by atoms with van der Waals surface area (Å²) in [5.74, 6) is 0. The molecule has 9 nitrogen and oxygen atoms in total. The van der Waals surface area contributed by atoms with Crippen LogP contribution in [0.1, 0.15) is 18.5 Å². The molecule has 0 bridgehead atoms. The molecule has 0 saturated heterocycles. The van der Waals surface area contributed by atoms with Crippen LogP contribution in [-0.2, 0) is 13.1 Å². The van der Waals surface area contributed by atoms with E-state index in [1.807, 2.05) is 0 Å². The molecule has 1 rings (SSSR count). The fourth-order valence-electron chi connectivity index (χ4n) is 1.15. The molecule has 0 amide bonds. The number of rotatable bonds is 7. The fraction of sp³-hybridized carbons (Fsp3) is 0.714. The third-order valence-electron chi connectivity index (χ3n) is 1.86. The van der Waals surface area contributed by atoms with Gasteiger partial charge in [0.15, 0.2) is 0 Å². The molecule has 0 aliphatic heterocycles. The molecular formula is C7H11N9. The maximum Gasteiger partial charge on any atom is 0.121 e. The second kappa shape index (κ2) is 7.10. The van der Waals surface area contributed by atoms with E-state index in [4.69, 9.17) is 11.1 Å². The summed E-state index contributed by atoms with van der Waals surface area (Å²) in [6.45, 7) is 0.658. The van der Waals surface area contributed by atoms with Crippen molar-refractivity contribution in [3.63, 3.8) is 0 Å². The van der Waals surface area contributed by atoms with Crippen molar-refractivity contribution in [3.8, 4) is 0 Å². The minimum absolute atomic E-state index is 0.155. The number of hydrogen-bond donors (Lipinski definition) is 0. The summed E-state index contributed by atoms with van der Waals surface area (Å²) in [5.41, 5.74) is 17.0. The molecule has 1 aromatic rings. The quantitative estimate of drug-likeness (QED) is 0.302. The largest absolute Gasteiger partial charge is 0.246 e. The number of unbranched alkanes of at least 4 members (excludes halogenated alkanes) is 1. The van der Waals surface area contributed by atoms with Crippen molar-refractivity contribution in [3.05, 3.63) is 32.8 Å². The van der Waals surface area contributed by atoms with Crippen LogP contribution in [0, 0.1) is 0 Å². The molecule has 0 fully saturated rings. The van der Waals surface area contributed by atoms with E-state index in [0.717, 1.165) is 25.0 Å². The van der Waals surface area contributed by atoms with Gasteiger partial charge in [0.1, 0.15) is 6.67 Å². The van der Waals surface area contributed by atoms with E-state index >= 15 is 0 Å². The Balaban J connectivity index is 2.28. The normalized spacial score (nSPS) is 9.25. The number of hydrogen-bond acceptors (Lipinski definition) is 4. The van der Waals surface area contributed by atoms with Crippen molar-refractivity contribution in [2.45, 2.75) is 25.9 Å². The van der Waals surface area contributed by atoms with Gasteiger partial charge in [0.05, 0.1) is 5.69 Å². The van der Waals surface area contributed by atoms with Crippen LogP contribution in [0.15, 0.2) is 16.4 Å². The van der Waals surface area contributed by atoms with Gasteiger partial charge in [-0.1, -0.05) is 15.4 Å². The lowest BCUT2D eigenvalue weighted by Gasteiger charge is -1.93. The van der Waals surface area contributed by atoms with Crippen LogP contribution in [0.4, 0.5) is 0 Å². The molecular weight excluding hydrogens is 210 g/mol. The van der Waals surface area contributed by atoms with E-state index in [0.29, 0.717) is 6.54 Å². The zero-order valence-corrected chi connectivity index (χ0v) is 8.64. The summed E-state index contributed by atoms with van der Waals surface area (Å²) < 4.78 is 1.47. The van der Waals surface area contributed by atoms with Gasteiger partial charge in [0, 0.05) is 22.6 Å². The van der Waals surface area contributed by atoms with Gasteiger partial charge < -0.3 is 0 Å². The Morgan fingerprint density at radius 1 is 1.25 bits per heavy atom. The number of nitrogens with zero attached hydrogens (tertiary/aromatic N) is 9. The van der Waals surface area contributed by atoms with Gasteiger partial charge in [-0.25, -0.2) is 4.68 Å². The lowest BCUT2D eigenvalue weighted by Crippen LogP contribution is -1.94. The van der Waals surface area contributed by atoms with Crippen LogP contribution in [0.2, 0.25) is 0 Å². The third kappa shape index (κ3) is 4.32. The lowest BCUT2D eigenvalue weighted by atomic mass is 10.2. The molecule has 0 spiro atoms. The summed E-state index contributed by atoms with van der Waals surface area (Å²) in [4.78, 5) is 5.29. The Bertz CT molecular complexity index is 409. The molecule has 0 N–H and O–H groups in total. The van der Waals surface area contributed by atoms with Gasteiger partial charge in [-0.2, -0.15) is 0 Å². The molecule has 0 atom stereocenters. The van der Waals surface area contributed by atoms with Crippen LogP contribution in [-0.4, -0.2) is 21.5 Å². The molecule has 0 aromatic carbocycles. The first kappa shape index (κ1) is 11.8. The minimum atomic E-state index is 0.155. The van der Waals surface area contributed by atoms with Crippen molar-refractivity contribution in [1.29, 1.82) is 0 Å². The zero-order chi connectivity index (χ0) is 11.6. The summed E-state index contributed by atoms with van der Waals surface area (Å²) in [6.07, 6.45) is 4.23. The van der Waals surface area contributed by atoms with E-state index in [-0.39, 0.29) is 6.67 Å². The Kier molecular flexibility index (Phi) is 5.25. The predicted octanol–water partition coefficient (Wildman–Crippen LogP) is 2.18. The topological polar surface area (TPSA) is 128 Å². The number of aryl methyl sites for hydroxylation is 1. The van der Waals surface area contributed by atoms with E-state index in [1.165, 1.54) is 4.68 Å². The highest BCUT2D eigenvalue weighted by molar-refractivity contribution is 4.92. The van der Waals surface area contributed by atoms with Crippen molar-refractivity contribution in [2.24, 2.45) is 10.2 Å². The summed E-state index contributed by atoms with van der Waals surface area (Å²) in [5, 5.41) is 14.5. The van der Waals surface area contributed by atoms with Crippen LogP contribution < -0.4 is 0 Å². The van der Waals surface area contributed by atoms with Crippen LogP contribution in [0.5, 0.6) is 0 Å². The third-order valence-corrected chi connectivity index (χ3v) is 1.86. The Morgan fingerprint density at radius 3 is 2.81 bits per heavy atom. The van der Waals surface area contributed by atoms with Crippen molar-refractivity contribution in [2.75, 3.05) is 6.54 Å². The van der Waals surface area contributed by atoms with Crippen molar-refractivity contribution in [1.82, 2.24) is 15.0 Å².